The van der Waals surface area contributed by atoms with Crippen LogP contribution in [0, 0.1) is 0 Å². The van der Waals surface area contributed by atoms with Gasteiger partial charge in [0.2, 0.25) is 0 Å². The van der Waals surface area contributed by atoms with Crippen molar-refractivity contribution in [1.29, 1.82) is 0 Å². The van der Waals surface area contributed by atoms with Crippen molar-refractivity contribution in [1.82, 2.24) is 4.90 Å². The van der Waals surface area contributed by atoms with Crippen LogP contribution >= 0.6 is 15.9 Å². The zero-order valence-corrected chi connectivity index (χ0v) is 13.7. The number of nitrogens with two attached hydrogens (primary N) is 1. The molecule has 0 bridgehead atoms. The topological polar surface area (TPSA) is 32.5 Å². The third kappa shape index (κ3) is 3.71. The summed E-state index contributed by atoms with van der Waals surface area (Å²) in [4.78, 5) is 4.82. The highest BCUT2D eigenvalue weighted by Crippen LogP contribution is 2.29. The van der Waals surface area contributed by atoms with Gasteiger partial charge in [-0.05, 0) is 57.6 Å². The first-order chi connectivity index (χ1) is 8.97. The van der Waals surface area contributed by atoms with Crippen molar-refractivity contribution in [2.24, 2.45) is 5.73 Å². The second kappa shape index (κ2) is 6.25. The first-order valence-electron chi connectivity index (χ1n) is 6.92. The van der Waals surface area contributed by atoms with Gasteiger partial charge in [0.05, 0.1) is 0 Å². The molecule has 1 aromatic carbocycles. The zero-order valence-electron chi connectivity index (χ0n) is 12.1. The lowest BCUT2D eigenvalue weighted by molar-refractivity contribution is 0.315. The Kier molecular flexibility index (Phi) is 4.87. The van der Waals surface area contributed by atoms with Crippen LogP contribution < -0.4 is 10.6 Å². The van der Waals surface area contributed by atoms with Gasteiger partial charge >= 0.3 is 0 Å². The van der Waals surface area contributed by atoms with Crippen molar-refractivity contribution >= 4 is 21.6 Å². The van der Waals surface area contributed by atoms with Crippen LogP contribution in [0.2, 0.25) is 0 Å². The van der Waals surface area contributed by atoms with Crippen LogP contribution in [0.25, 0.3) is 0 Å². The number of halogens is 1. The van der Waals surface area contributed by atoms with Gasteiger partial charge in [0.1, 0.15) is 0 Å². The molecule has 1 aliphatic rings. The summed E-state index contributed by atoms with van der Waals surface area (Å²) >= 11 is 3.56. The summed E-state index contributed by atoms with van der Waals surface area (Å²) in [7, 11) is 4.33. The highest BCUT2D eigenvalue weighted by Gasteiger charge is 2.25. The molecule has 1 heterocycles. The van der Waals surface area contributed by atoms with E-state index in [9.17, 15) is 0 Å². The van der Waals surface area contributed by atoms with E-state index in [0.29, 0.717) is 6.04 Å². The van der Waals surface area contributed by atoms with E-state index in [1.807, 2.05) is 0 Å². The first kappa shape index (κ1) is 14.8. The highest BCUT2D eigenvalue weighted by atomic mass is 79.9. The van der Waals surface area contributed by atoms with Crippen LogP contribution in [-0.4, -0.2) is 44.2 Å². The van der Waals surface area contributed by atoms with Crippen LogP contribution in [0.5, 0.6) is 0 Å². The van der Waals surface area contributed by atoms with E-state index >= 15 is 0 Å². The van der Waals surface area contributed by atoms with Gasteiger partial charge in [0.15, 0.2) is 0 Å². The number of likely N-dealkylation sites (N-methyl/N-ethyl adjacent to an activating group) is 1. The normalized spacial score (nSPS) is 21.2. The molecule has 19 heavy (non-hydrogen) atoms. The molecule has 1 aromatic rings. The maximum absolute atomic E-state index is 5.98. The summed E-state index contributed by atoms with van der Waals surface area (Å²) in [5.74, 6) is 0. The van der Waals surface area contributed by atoms with E-state index in [1.165, 1.54) is 17.7 Å². The number of hydrogen-bond donors (Lipinski definition) is 1. The summed E-state index contributed by atoms with van der Waals surface area (Å²) in [6, 6.07) is 7.41. The average Bonchev–Trinajstić information content (AvgIpc) is 2.77. The molecule has 0 amide bonds. The maximum Gasteiger partial charge on any atom is 0.0400 e. The van der Waals surface area contributed by atoms with Gasteiger partial charge < -0.3 is 15.5 Å². The van der Waals surface area contributed by atoms with Crippen molar-refractivity contribution in [3.05, 3.63) is 28.2 Å². The highest BCUT2D eigenvalue weighted by molar-refractivity contribution is 9.10. The standard InChI is InChI=1S/C15H24BrN3/c1-11(17)8-12-9-13(16)4-5-15(12)19-7-6-14(10-19)18(2)3/h4-5,9,11,14H,6-8,10,17H2,1-3H3. The molecule has 4 heteroatoms. The van der Waals surface area contributed by atoms with Crippen molar-refractivity contribution in [2.75, 3.05) is 32.1 Å². The van der Waals surface area contributed by atoms with Crippen LogP contribution in [0.3, 0.4) is 0 Å². The first-order valence-corrected chi connectivity index (χ1v) is 7.72. The SMILES string of the molecule is CC(N)Cc1cc(Br)ccc1N1CCC(N(C)C)C1. The fourth-order valence-electron chi connectivity index (χ4n) is 2.76. The maximum atomic E-state index is 5.98. The lowest BCUT2D eigenvalue weighted by Crippen LogP contribution is -2.32. The smallest absolute Gasteiger partial charge is 0.0400 e. The Balaban J connectivity index is 2.20. The van der Waals surface area contributed by atoms with E-state index < -0.39 is 0 Å². The zero-order chi connectivity index (χ0) is 14.0. The molecule has 2 atom stereocenters. The van der Waals surface area contributed by atoms with Gasteiger partial charge in [0.25, 0.3) is 0 Å². The molecule has 1 fully saturated rings. The lowest BCUT2D eigenvalue weighted by atomic mass is 10.0. The van der Waals surface area contributed by atoms with Gasteiger partial charge in [-0.3, -0.25) is 0 Å². The molecule has 0 aromatic heterocycles. The fraction of sp³-hybridized carbons (Fsp3) is 0.600. The van der Waals surface area contributed by atoms with E-state index in [0.717, 1.165) is 24.0 Å². The summed E-state index contributed by atoms with van der Waals surface area (Å²) in [6.45, 7) is 4.31. The third-order valence-electron chi connectivity index (χ3n) is 3.82. The molecule has 2 N–H and O–H groups in total. The molecule has 1 aliphatic heterocycles. The van der Waals surface area contributed by atoms with Crippen molar-refractivity contribution in [3.8, 4) is 0 Å². The molecule has 0 radical (unpaired) electrons. The Labute approximate surface area is 124 Å². The van der Waals surface area contributed by atoms with Gasteiger partial charge in [-0.1, -0.05) is 15.9 Å². The van der Waals surface area contributed by atoms with E-state index in [4.69, 9.17) is 5.73 Å². The summed E-state index contributed by atoms with van der Waals surface area (Å²) in [5, 5.41) is 0. The number of nitrogens with zero attached hydrogens (tertiary/aromatic N) is 2. The second-order valence-electron chi connectivity index (χ2n) is 5.81. The molecule has 0 aliphatic carbocycles. The van der Waals surface area contributed by atoms with Gasteiger partial charge in [-0.15, -0.1) is 0 Å². The third-order valence-corrected chi connectivity index (χ3v) is 4.31. The molecule has 3 nitrogen and oxygen atoms in total. The Morgan fingerprint density at radius 2 is 2.21 bits per heavy atom. The molecular weight excluding hydrogens is 302 g/mol. The molecule has 0 saturated carbocycles. The summed E-state index contributed by atoms with van der Waals surface area (Å²) < 4.78 is 1.13. The van der Waals surface area contributed by atoms with Crippen LogP contribution in [0.1, 0.15) is 18.9 Å². The monoisotopic (exact) mass is 325 g/mol. The van der Waals surface area contributed by atoms with Gasteiger partial charge in [-0.25, -0.2) is 0 Å². The van der Waals surface area contributed by atoms with Crippen molar-refractivity contribution in [3.63, 3.8) is 0 Å². The van der Waals surface area contributed by atoms with Gasteiger partial charge in [0, 0.05) is 35.3 Å². The van der Waals surface area contributed by atoms with Crippen LogP contribution in [0.4, 0.5) is 5.69 Å². The number of anilines is 1. The van der Waals surface area contributed by atoms with E-state index in [-0.39, 0.29) is 6.04 Å². The molecule has 2 rings (SSSR count). The van der Waals surface area contributed by atoms with E-state index in [2.05, 4.69) is 64.9 Å². The predicted octanol–water partition coefficient (Wildman–Crippen LogP) is 2.48. The number of benzene rings is 1. The molecule has 2 unspecified atom stereocenters. The molecular formula is C15H24BrN3. The Bertz CT molecular complexity index is 431. The number of rotatable bonds is 4. The molecule has 1 saturated heterocycles. The van der Waals surface area contributed by atoms with Gasteiger partial charge in [-0.2, -0.15) is 0 Å². The summed E-state index contributed by atoms with van der Waals surface area (Å²) in [5.41, 5.74) is 8.68. The second-order valence-corrected chi connectivity index (χ2v) is 6.72. The Morgan fingerprint density at radius 1 is 1.47 bits per heavy atom. The quantitative estimate of drug-likeness (QED) is 0.923. The number of hydrogen-bond acceptors (Lipinski definition) is 3. The minimum atomic E-state index is 0.195. The minimum absolute atomic E-state index is 0.195. The van der Waals surface area contributed by atoms with Crippen LogP contribution in [0.15, 0.2) is 22.7 Å². The lowest BCUT2D eigenvalue weighted by Gasteiger charge is -2.24. The van der Waals surface area contributed by atoms with Crippen LogP contribution in [-0.2, 0) is 6.42 Å². The van der Waals surface area contributed by atoms with Crippen molar-refractivity contribution in [2.45, 2.75) is 31.8 Å². The molecule has 106 valence electrons. The van der Waals surface area contributed by atoms with E-state index in [1.54, 1.807) is 0 Å². The Hall–Kier alpha value is -0.580. The minimum Gasteiger partial charge on any atom is -0.370 e. The average molecular weight is 326 g/mol. The Morgan fingerprint density at radius 3 is 2.79 bits per heavy atom. The fourth-order valence-corrected chi connectivity index (χ4v) is 3.16. The largest absolute Gasteiger partial charge is 0.370 e. The predicted molar refractivity (Wildman–Crippen MR) is 85.8 cm³/mol. The summed E-state index contributed by atoms with van der Waals surface area (Å²) in [6.07, 6.45) is 2.17. The van der Waals surface area contributed by atoms with Crippen molar-refractivity contribution < 1.29 is 0 Å². The molecule has 0 spiro atoms.